The topological polar surface area (TPSA) is 51.7 Å². The largest absolute Gasteiger partial charge is 0.493 e. The van der Waals surface area contributed by atoms with E-state index in [-0.39, 0.29) is 5.56 Å². The van der Waals surface area contributed by atoms with Crippen molar-refractivity contribution in [2.45, 2.75) is 45.1 Å². The lowest BCUT2D eigenvalue weighted by molar-refractivity contribution is 0.0595. The average Bonchev–Trinajstić information content (AvgIpc) is 3.49. The van der Waals surface area contributed by atoms with Crippen molar-refractivity contribution < 1.29 is 18.7 Å². The quantitative estimate of drug-likeness (QED) is 0.618. The van der Waals surface area contributed by atoms with Crippen molar-refractivity contribution in [3.8, 4) is 5.75 Å². The first-order chi connectivity index (χ1) is 14.0. The molecule has 1 saturated carbocycles. The standard InChI is InChI=1S/C22H27FN2O3S/c1-14-24-17(13-29-14)11-25-7-5-15(6-8-25)12-28-21-10-20(23)19(22(26)27-2)9-18(21)16-3-4-16/h9-10,13,15-16H,3-8,11-12H2,1-2H3. The molecule has 2 aliphatic rings. The summed E-state index contributed by atoms with van der Waals surface area (Å²) in [4.78, 5) is 18.8. The number of carbonyl (C=O) groups is 1. The molecule has 0 N–H and O–H groups in total. The van der Waals surface area contributed by atoms with Gasteiger partial charge >= 0.3 is 5.97 Å². The lowest BCUT2D eigenvalue weighted by atomic mass is 9.97. The number of hydrogen-bond donors (Lipinski definition) is 0. The summed E-state index contributed by atoms with van der Waals surface area (Å²) in [5.41, 5.74) is 2.08. The lowest BCUT2D eigenvalue weighted by Crippen LogP contribution is -2.35. The first kappa shape index (κ1) is 20.3. The van der Waals surface area contributed by atoms with Crippen molar-refractivity contribution in [3.05, 3.63) is 45.2 Å². The van der Waals surface area contributed by atoms with Crippen molar-refractivity contribution in [1.82, 2.24) is 9.88 Å². The van der Waals surface area contributed by atoms with Gasteiger partial charge in [0.25, 0.3) is 0 Å². The maximum absolute atomic E-state index is 14.4. The van der Waals surface area contributed by atoms with Gasteiger partial charge in [0, 0.05) is 18.0 Å². The third-order valence-electron chi connectivity index (χ3n) is 5.76. The molecule has 1 aromatic heterocycles. The summed E-state index contributed by atoms with van der Waals surface area (Å²) < 4.78 is 25.1. The van der Waals surface area contributed by atoms with Gasteiger partial charge in [-0.25, -0.2) is 14.2 Å². The zero-order chi connectivity index (χ0) is 20.4. The van der Waals surface area contributed by atoms with Gasteiger partial charge in [0.2, 0.25) is 0 Å². The molecular formula is C22H27FN2O3S. The Morgan fingerprint density at radius 1 is 1.28 bits per heavy atom. The number of nitrogens with zero attached hydrogens (tertiary/aromatic N) is 2. The molecule has 5 nitrogen and oxygen atoms in total. The van der Waals surface area contributed by atoms with E-state index >= 15 is 0 Å². The summed E-state index contributed by atoms with van der Waals surface area (Å²) in [6.45, 7) is 5.57. The van der Waals surface area contributed by atoms with E-state index in [9.17, 15) is 9.18 Å². The zero-order valence-corrected chi connectivity index (χ0v) is 17.8. The summed E-state index contributed by atoms with van der Waals surface area (Å²) in [6.07, 6.45) is 4.23. The van der Waals surface area contributed by atoms with Crippen molar-refractivity contribution in [2.75, 3.05) is 26.8 Å². The Balaban J connectivity index is 1.33. The second-order valence-corrected chi connectivity index (χ2v) is 9.09. The first-order valence-electron chi connectivity index (χ1n) is 10.2. The summed E-state index contributed by atoms with van der Waals surface area (Å²) >= 11 is 1.70. The highest BCUT2D eigenvalue weighted by Crippen LogP contribution is 2.45. The molecule has 4 rings (SSSR count). The van der Waals surface area contributed by atoms with Crippen molar-refractivity contribution in [2.24, 2.45) is 5.92 Å². The van der Waals surface area contributed by atoms with E-state index in [1.54, 1.807) is 17.4 Å². The number of rotatable bonds is 7. The van der Waals surface area contributed by atoms with E-state index < -0.39 is 11.8 Å². The molecule has 0 spiro atoms. The van der Waals surface area contributed by atoms with Gasteiger partial charge in [0.1, 0.15) is 11.6 Å². The molecule has 0 atom stereocenters. The summed E-state index contributed by atoms with van der Waals surface area (Å²) in [6, 6.07) is 2.98. The molecule has 156 valence electrons. The number of halogens is 1. The van der Waals surface area contributed by atoms with Gasteiger partial charge in [-0.1, -0.05) is 0 Å². The van der Waals surface area contributed by atoms with Crippen LogP contribution < -0.4 is 4.74 Å². The molecule has 29 heavy (non-hydrogen) atoms. The molecular weight excluding hydrogens is 391 g/mol. The number of aromatic nitrogens is 1. The van der Waals surface area contributed by atoms with E-state index in [1.807, 2.05) is 6.92 Å². The number of methoxy groups -OCH3 is 1. The van der Waals surface area contributed by atoms with Crippen molar-refractivity contribution in [3.63, 3.8) is 0 Å². The predicted molar refractivity (Wildman–Crippen MR) is 110 cm³/mol. The second kappa shape index (κ2) is 8.79. The Bertz CT molecular complexity index is 873. The van der Waals surface area contributed by atoms with Gasteiger partial charge in [-0.05, 0) is 69.2 Å². The highest BCUT2D eigenvalue weighted by molar-refractivity contribution is 7.09. The van der Waals surface area contributed by atoms with Crippen LogP contribution in [0.4, 0.5) is 4.39 Å². The minimum absolute atomic E-state index is 0.00710. The average molecular weight is 419 g/mol. The van der Waals surface area contributed by atoms with Crippen LogP contribution in [0.5, 0.6) is 5.75 Å². The summed E-state index contributed by atoms with van der Waals surface area (Å²) in [7, 11) is 1.27. The zero-order valence-electron chi connectivity index (χ0n) is 16.9. The minimum atomic E-state index is -0.640. The van der Waals surface area contributed by atoms with Crippen molar-refractivity contribution >= 4 is 17.3 Å². The fourth-order valence-electron chi connectivity index (χ4n) is 3.91. The van der Waals surface area contributed by atoms with E-state index in [4.69, 9.17) is 9.47 Å². The number of thiazole rings is 1. The number of ether oxygens (including phenoxy) is 2. The number of esters is 1. The van der Waals surface area contributed by atoms with Gasteiger partial charge in [0.05, 0.1) is 30.0 Å². The van der Waals surface area contributed by atoms with E-state index in [2.05, 4.69) is 15.3 Å². The monoisotopic (exact) mass is 418 g/mol. The second-order valence-electron chi connectivity index (χ2n) is 8.02. The maximum atomic E-state index is 14.4. The third kappa shape index (κ3) is 4.95. The number of carbonyl (C=O) groups excluding carboxylic acids is 1. The molecule has 7 heteroatoms. The predicted octanol–water partition coefficient (Wildman–Crippen LogP) is 4.55. The number of piperidine rings is 1. The highest BCUT2D eigenvalue weighted by atomic mass is 32.1. The Morgan fingerprint density at radius 2 is 2.03 bits per heavy atom. The van der Waals surface area contributed by atoms with Gasteiger partial charge in [-0.15, -0.1) is 11.3 Å². The highest BCUT2D eigenvalue weighted by Gasteiger charge is 2.30. The van der Waals surface area contributed by atoms with E-state index in [0.29, 0.717) is 24.2 Å². The molecule has 0 amide bonds. The van der Waals surface area contributed by atoms with Crippen LogP contribution in [0.15, 0.2) is 17.5 Å². The Hall–Kier alpha value is -1.99. The molecule has 0 radical (unpaired) electrons. The molecule has 0 bridgehead atoms. The van der Waals surface area contributed by atoms with Crippen molar-refractivity contribution in [1.29, 1.82) is 0 Å². The molecule has 0 unspecified atom stereocenters. The maximum Gasteiger partial charge on any atom is 0.340 e. The Morgan fingerprint density at radius 3 is 2.66 bits per heavy atom. The Labute approximate surface area is 174 Å². The molecule has 2 fully saturated rings. The van der Waals surface area contributed by atoms with Crippen LogP contribution in [0, 0.1) is 18.7 Å². The Kier molecular flexibility index (Phi) is 6.15. The molecule has 2 heterocycles. The van der Waals surface area contributed by atoms with Crippen LogP contribution in [-0.2, 0) is 11.3 Å². The van der Waals surface area contributed by atoms with Gasteiger partial charge < -0.3 is 9.47 Å². The smallest absolute Gasteiger partial charge is 0.340 e. The number of hydrogen-bond acceptors (Lipinski definition) is 6. The van der Waals surface area contributed by atoms with E-state index in [0.717, 1.165) is 61.6 Å². The molecule has 2 aromatic rings. The van der Waals surface area contributed by atoms with Crippen LogP contribution in [0.2, 0.25) is 0 Å². The fraction of sp³-hybridized carbons (Fsp3) is 0.545. The molecule has 1 aliphatic heterocycles. The van der Waals surface area contributed by atoms with Crippen LogP contribution in [-0.4, -0.2) is 42.7 Å². The van der Waals surface area contributed by atoms with Crippen LogP contribution in [0.1, 0.15) is 58.2 Å². The fourth-order valence-corrected chi connectivity index (χ4v) is 4.51. The van der Waals surface area contributed by atoms with Gasteiger partial charge in [-0.2, -0.15) is 0 Å². The molecule has 1 saturated heterocycles. The number of likely N-dealkylation sites (tertiary alicyclic amines) is 1. The summed E-state index contributed by atoms with van der Waals surface area (Å²) in [5.74, 6) is 0.178. The van der Waals surface area contributed by atoms with Crippen LogP contribution in [0.3, 0.4) is 0 Å². The lowest BCUT2D eigenvalue weighted by Gasteiger charge is -2.31. The normalized spacial score (nSPS) is 18.0. The van der Waals surface area contributed by atoms with Crippen LogP contribution in [0.25, 0.3) is 0 Å². The SMILES string of the molecule is COC(=O)c1cc(C2CC2)c(OCC2CCN(Cc3csc(C)n3)CC2)cc1F. The molecule has 1 aliphatic carbocycles. The van der Waals surface area contributed by atoms with Gasteiger partial charge in [-0.3, -0.25) is 4.90 Å². The first-order valence-corrected chi connectivity index (χ1v) is 11.1. The summed E-state index contributed by atoms with van der Waals surface area (Å²) in [5, 5.41) is 3.25. The minimum Gasteiger partial charge on any atom is -0.493 e. The number of aryl methyl sites for hydroxylation is 1. The number of benzene rings is 1. The third-order valence-corrected chi connectivity index (χ3v) is 6.58. The van der Waals surface area contributed by atoms with E-state index in [1.165, 1.54) is 13.2 Å². The molecule has 1 aromatic carbocycles. The van der Waals surface area contributed by atoms with Crippen LogP contribution >= 0.6 is 11.3 Å². The van der Waals surface area contributed by atoms with Gasteiger partial charge in [0.15, 0.2) is 0 Å².